The van der Waals surface area contributed by atoms with Crippen LogP contribution in [0.2, 0.25) is 0 Å². The highest BCUT2D eigenvalue weighted by molar-refractivity contribution is 7.89. The van der Waals surface area contributed by atoms with Crippen LogP contribution in [-0.2, 0) is 10.0 Å². The fourth-order valence-electron chi connectivity index (χ4n) is 4.75. The van der Waals surface area contributed by atoms with Crippen molar-refractivity contribution in [1.29, 1.82) is 0 Å². The molecule has 148 valence electrons. The summed E-state index contributed by atoms with van der Waals surface area (Å²) in [6.07, 6.45) is 7.90. The normalized spacial score (nSPS) is 27.5. The Morgan fingerprint density at radius 1 is 1.14 bits per heavy atom. The first-order valence-electron chi connectivity index (χ1n) is 10.1. The van der Waals surface area contributed by atoms with E-state index in [9.17, 15) is 8.42 Å². The molecular weight excluding hydrogens is 368 g/mol. The molecule has 0 N–H and O–H groups in total. The number of pyridine rings is 1. The van der Waals surface area contributed by atoms with E-state index in [1.165, 1.54) is 5.57 Å². The van der Waals surface area contributed by atoms with Crippen molar-refractivity contribution in [3.05, 3.63) is 65.5 Å². The van der Waals surface area contributed by atoms with Crippen LogP contribution in [0.5, 0.6) is 0 Å². The Hall–Kier alpha value is -1.98. The van der Waals surface area contributed by atoms with Gasteiger partial charge in [0.15, 0.2) is 0 Å². The van der Waals surface area contributed by atoms with Crippen LogP contribution < -0.4 is 0 Å². The van der Waals surface area contributed by atoms with Crippen molar-refractivity contribution in [3.8, 4) is 0 Å². The van der Waals surface area contributed by atoms with E-state index < -0.39 is 10.0 Å². The number of aryl methyl sites for hydroxylation is 1. The molecule has 5 heteroatoms. The fraction of sp³-hybridized carbons (Fsp3) is 0.435. The third-order valence-corrected chi connectivity index (χ3v) is 8.02. The van der Waals surface area contributed by atoms with Crippen molar-refractivity contribution in [3.63, 3.8) is 0 Å². The standard InChI is InChI=1S/C23H28N2O2S/c1-17-8-10-21(11-9-17)28(26,27)25-13-5-7-22-19(14-18(2)15-23(22)25)16-20-6-3-4-12-24-20/h3-4,6,8-12,16,18,22-23H,5,7,13-15H2,1-2H3/b19-16+/t18-,22+,23+/m1/s1. The minimum Gasteiger partial charge on any atom is -0.257 e. The van der Waals surface area contributed by atoms with Gasteiger partial charge in [0.05, 0.1) is 10.6 Å². The van der Waals surface area contributed by atoms with Gasteiger partial charge in [0.1, 0.15) is 0 Å². The average molecular weight is 397 g/mol. The Kier molecular flexibility index (Phi) is 5.39. The maximum Gasteiger partial charge on any atom is 0.243 e. The van der Waals surface area contributed by atoms with Gasteiger partial charge in [-0.25, -0.2) is 8.42 Å². The summed E-state index contributed by atoms with van der Waals surface area (Å²) in [5.41, 5.74) is 3.39. The lowest BCUT2D eigenvalue weighted by molar-refractivity contribution is 0.144. The summed E-state index contributed by atoms with van der Waals surface area (Å²) >= 11 is 0. The Morgan fingerprint density at radius 3 is 2.64 bits per heavy atom. The highest BCUT2D eigenvalue weighted by atomic mass is 32.2. The van der Waals surface area contributed by atoms with Gasteiger partial charge in [0.2, 0.25) is 10.0 Å². The van der Waals surface area contributed by atoms with E-state index >= 15 is 0 Å². The zero-order valence-corrected chi connectivity index (χ0v) is 17.4. The van der Waals surface area contributed by atoms with Gasteiger partial charge in [0.25, 0.3) is 0 Å². The van der Waals surface area contributed by atoms with Gasteiger partial charge in [0, 0.05) is 18.8 Å². The minimum atomic E-state index is -3.48. The highest BCUT2D eigenvalue weighted by Crippen LogP contribution is 2.43. The van der Waals surface area contributed by atoms with E-state index in [0.717, 1.165) is 36.9 Å². The van der Waals surface area contributed by atoms with E-state index in [4.69, 9.17) is 0 Å². The molecule has 2 fully saturated rings. The lowest BCUT2D eigenvalue weighted by Crippen LogP contribution is -2.51. The Balaban J connectivity index is 1.68. The van der Waals surface area contributed by atoms with Gasteiger partial charge in [-0.2, -0.15) is 4.31 Å². The maximum absolute atomic E-state index is 13.4. The molecule has 4 nitrogen and oxygen atoms in total. The van der Waals surface area contributed by atoms with E-state index in [2.05, 4.69) is 18.0 Å². The minimum absolute atomic E-state index is 0.0405. The van der Waals surface area contributed by atoms with Gasteiger partial charge in [-0.1, -0.05) is 36.3 Å². The summed E-state index contributed by atoms with van der Waals surface area (Å²) < 4.78 is 28.6. The van der Waals surface area contributed by atoms with Crippen LogP contribution in [0.25, 0.3) is 6.08 Å². The lowest BCUT2D eigenvalue weighted by Gasteiger charge is -2.46. The van der Waals surface area contributed by atoms with E-state index in [1.54, 1.807) is 16.4 Å². The predicted molar refractivity (Wildman–Crippen MR) is 112 cm³/mol. The summed E-state index contributed by atoms with van der Waals surface area (Å²) in [5.74, 6) is 0.747. The molecule has 28 heavy (non-hydrogen) atoms. The van der Waals surface area contributed by atoms with Gasteiger partial charge in [-0.15, -0.1) is 0 Å². The summed E-state index contributed by atoms with van der Waals surface area (Å²) in [6, 6.07) is 13.2. The summed E-state index contributed by atoms with van der Waals surface area (Å²) in [6.45, 7) is 4.82. The van der Waals surface area contributed by atoms with Crippen molar-refractivity contribution < 1.29 is 8.42 Å². The van der Waals surface area contributed by atoms with E-state index in [1.807, 2.05) is 43.5 Å². The molecule has 3 atom stereocenters. The van der Waals surface area contributed by atoms with Crippen molar-refractivity contribution >= 4 is 16.1 Å². The number of hydrogen-bond donors (Lipinski definition) is 0. The molecule has 2 aromatic rings. The van der Waals surface area contributed by atoms with Crippen molar-refractivity contribution in [2.75, 3.05) is 6.54 Å². The number of nitrogens with zero attached hydrogens (tertiary/aromatic N) is 2. The Morgan fingerprint density at radius 2 is 1.93 bits per heavy atom. The smallest absolute Gasteiger partial charge is 0.243 e. The quantitative estimate of drug-likeness (QED) is 0.757. The monoisotopic (exact) mass is 396 g/mol. The van der Waals surface area contributed by atoms with Crippen LogP contribution in [0.1, 0.15) is 43.9 Å². The molecule has 0 amide bonds. The lowest BCUT2D eigenvalue weighted by atomic mass is 9.71. The number of fused-ring (bicyclic) bond motifs is 1. The third-order valence-electron chi connectivity index (χ3n) is 6.08. The third kappa shape index (κ3) is 3.78. The van der Waals surface area contributed by atoms with Gasteiger partial charge >= 0.3 is 0 Å². The SMILES string of the molecule is Cc1ccc(S(=O)(=O)N2CCC[C@H]3/C(=C/c4ccccn4)C[C@@H](C)C[C@@H]32)cc1. The average Bonchev–Trinajstić information content (AvgIpc) is 2.68. The number of piperidine rings is 1. The van der Waals surface area contributed by atoms with Crippen LogP contribution in [0, 0.1) is 18.8 Å². The molecule has 1 aliphatic carbocycles. The maximum atomic E-state index is 13.4. The molecule has 4 rings (SSSR count). The van der Waals surface area contributed by atoms with Crippen molar-refractivity contribution in [1.82, 2.24) is 9.29 Å². The molecule has 1 saturated heterocycles. The molecule has 0 bridgehead atoms. The number of sulfonamides is 1. The first kappa shape index (κ1) is 19.3. The van der Waals surface area contributed by atoms with Crippen LogP contribution in [0.4, 0.5) is 0 Å². The van der Waals surface area contributed by atoms with Crippen LogP contribution >= 0.6 is 0 Å². The molecule has 0 unspecified atom stereocenters. The second-order valence-corrected chi connectivity index (χ2v) is 10.2. The Bertz CT molecular complexity index is 952. The molecule has 2 aliphatic rings. The molecular formula is C23H28N2O2S. The van der Waals surface area contributed by atoms with E-state index in [-0.39, 0.29) is 12.0 Å². The van der Waals surface area contributed by atoms with Gasteiger partial charge in [-0.05, 0) is 74.8 Å². The zero-order valence-electron chi connectivity index (χ0n) is 16.6. The van der Waals surface area contributed by atoms with Crippen molar-refractivity contribution in [2.24, 2.45) is 11.8 Å². The second-order valence-electron chi connectivity index (χ2n) is 8.26. The van der Waals surface area contributed by atoms with Gasteiger partial charge in [-0.3, -0.25) is 4.98 Å². The number of hydrogen-bond acceptors (Lipinski definition) is 3. The summed E-state index contributed by atoms with van der Waals surface area (Å²) in [5, 5.41) is 0. The summed E-state index contributed by atoms with van der Waals surface area (Å²) in [7, 11) is -3.48. The second kappa shape index (κ2) is 7.80. The van der Waals surface area contributed by atoms with Crippen LogP contribution in [0.3, 0.4) is 0 Å². The summed E-state index contributed by atoms with van der Waals surface area (Å²) in [4.78, 5) is 4.86. The molecule has 2 heterocycles. The Labute approximate surface area is 168 Å². The highest BCUT2D eigenvalue weighted by Gasteiger charge is 2.43. The van der Waals surface area contributed by atoms with Crippen LogP contribution in [-0.4, -0.2) is 30.3 Å². The largest absolute Gasteiger partial charge is 0.257 e. The number of aromatic nitrogens is 1. The predicted octanol–water partition coefficient (Wildman–Crippen LogP) is 4.67. The molecule has 1 aromatic heterocycles. The first-order valence-corrected chi connectivity index (χ1v) is 11.6. The topological polar surface area (TPSA) is 50.3 Å². The fourth-order valence-corrected chi connectivity index (χ4v) is 6.46. The van der Waals surface area contributed by atoms with Crippen LogP contribution in [0.15, 0.2) is 59.1 Å². The number of benzene rings is 1. The molecule has 1 aliphatic heterocycles. The van der Waals surface area contributed by atoms with Gasteiger partial charge < -0.3 is 0 Å². The van der Waals surface area contributed by atoms with E-state index in [0.29, 0.717) is 17.4 Å². The molecule has 1 saturated carbocycles. The van der Waals surface area contributed by atoms with Crippen molar-refractivity contribution in [2.45, 2.75) is 50.5 Å². The number of rotatable bonds is 3. The zero-order chi connectivity index (χ0) is 19.7. The molecule has 0 radical (unpaired) electrons. The molecule has 0 spiro atoms. The first-order chi connectivity index (χ1) is 13.4. The molecule has 1 aromatic carbocycles.